The van der Waals surface area contributed by atoms with Gasteiger partial charge in [-0.15, -0.1) is 0 Å². The zero-order valence-electron chi connectivity index (χ0n) is 11.3. The van der Waals surface area contributed by atoms with Crippen LogP contribution in [0, 0.1) is 11.8 Å². The molecule has 0 radical (unpaired) electrons. The fourth-order valence-corrected chi connectivity index (χ4v) is 2.50. The van der Waals surface area contributed by atoms with Gasteiger partial charge in [0.15, 0.2) is 11.5 Å². The highest BCUT2D eigenvalue weighted by Gasteiger charge is 2.38. The lowest BCUT2D eigenvalue weighted by Crippen LogP contribution is -2.25. The van der Waals surface area contributed by atoms with Crippen LogP contribution >= 0.6 is 15.9 Å². The van der Waals surface area contributed by atoms with Crippen molar-refractivity contribution in [3.63, 3.8) is 0 Å². The molecule has 104 valence electrons. The average Bonchev–Trinajstić information content (AvgIpc) is 3.13. The summed E-state index contributed by atoms with van der Waals surface area (Å²) in [5, 5.41) is 2.96. The third kappa shape index (κ3) is 3.21. The normalized spacial score (nSPS) is 20.8. The molecule has 1 aromatic rings. The minimum atomic E-state index is 0.134. The van der Waals surface area contributed by atoms with Gasteiger partial charge < -0.3 is 14.8 Å². The molecule has 19 heavy (non-hydrogen) atoms. The van der Waals surface area contributed by atoms with Gasteiger partial charge in [0.2, 0.25) is 5.91 Å². The lowest BCUT2D eigenvalue weighted by molar-refractivity contribution is -0.122. The van der Waals surface area contributed by atoms with Crippen molar-refractivity contribution in [3.8, 4) is 11.5 Å². The molecule has 2 rings (SSSR count). The number of halogens is 1. The van der Waals surface area contributed by atoms with Crippen LogP contribution < -0.4 is 14.8 Å². The SMILES string of the molecule is COc1cc(Br)c(CNC(=O)[C@@H]2C[C@H]2C)cc1OC. The van der Waals surface area contributed by atoms with Crippen LogP contribution in [0.25, 0.3) is 0 Å². The maximum atomic E-state index is 11.8. The van der Waals surface area contributed by atoms with E-state index in [1.54, 1.807) is 14.2 Å². The highest BCUT2D eigenvalue weighted by atomic mass is 79.9. The van der Waals surface area contributed by atoms with E-state index in [9.17, 15) is 4.79 Å². The van der Waals surface area contributed by atoms with E-state index in [-0.39, 0.29) is 11.8 Å². The Labute approximate surface area is 121 Å². The van der Waals surface area contributed by atoms with E-state index in [1.165, 1.54) is 0 Å². The van der Waals surface area contributed by atoms with Gasteiger partial charge >= 0.3 is 0 Å². The van der Waals surface area contributed by atoms with Crippen molar-refractivity contribution < 1.29 is 14.3 Å². The van der Waals surface area contributed by atoms with Crippen molar-refractivity contribution in [2.24, 2.45) is 11.8 Å². The van der Waals surface area contributed by atoms with E-state index in [0.29, 0.717) is 24.0 Å². The summed E-state index contributed by atoms with van der Waals surface area (Å²) >= 11 is 3.48. The van der Waals surface area contributed by atoms with Crippen molar-refractivity contribution in [1.29, 1.82) is 0 Å². The standard InChI is InChI=1S/C14H18BrNO3/c1-8-4-10(8)14(17)16-7-9-5-12(18-2)13(19-3)6-11(9)15/h5-6,8,10H,4,7H2,1-3H3,(H,16,17)/t8-,10-/m1/s1. The first kappa shape index (κ1) is 14.2. The molecule has 1 fully saturated rings. The number of ether oxygens (including phenoxy) is 2. The van der Waals surface area contributed by atoms with Crippen LogP contribution in [0.3, 0.4) is 0 Å². The van der Waals surface area contributed by atoms with Gasteiger partial charge in [-0.25, -0.2) is 0 Å². The number of hydrogen-bond acceptors (Lipinski definition) is 3. The Morgan fingerprint density at radius 1 is 1.37 bits per heavy atom. The van der Waals surface area contributed by atoms with Gasteiger partial charge in [0.1, 0.15) is 0 Å². The second kappa shape index (κ2) is 5.82. The quantitative estimate of drug-likeness (QED) is 0.904. The summed E-state index contributed by atoms with van der Waals surface area (Å²) in [6.45, 7) is 2.58. The fraction of sp³-hybridized carbons (Fsp3) is 0.500. The van der Waals surface area contributed by atoms with Crippen LogP contribution in [0.15, 0.2) is 16.6 Å². The van der Waals surface area contributed by atoms with Gasteiger partial charge in [-0.3, -0.25) is 4.79 Å². The Morgan fingerprint density at radius 2 is 1.95 bits per heavy atom. The number of amides is 1. The first-order chi connectivity index (χ1) is 9.06. The molecule has 4 nitrogen and oxygen atoms in total. The summed E-state index contributed by atoms with van der Waals surface area (Å²) in [5.41, 5.74) is 0.972. The number of methoxy groups -OCH3 is 2. The number of carbonyl (C=O) groups is 1. The highest BCUT2D eigenvalue weighted by Crippen LogP contribution is 2.38. The highest BCUT2D eigenvalue weighted by molar-refractivity contribution is 9.10. The van der Waals surface area contributed by atoms with Crippen molar-refractivity contribution in [1.82, 2.24) is 5.32 Å². The van der Waals surface area contributed by atoms with Crippen molar-refractivity contribution >= 4 is 21.8 Å². The van der Waals surface area contributed by atoms with Crippen molar-refractivity contribution in [2.75, 3.05) is 14.2 Å². The largest absolute Gasteiger partial charge is 0.493 e. The molecule has 1 saturated carbocycles. The van der Waals surface area contributed by atoms with E-state index < -0.39 is 0 Å². The molecule has 1 aliphatic rings. The maximum absolute atomic E-state index is 11.8. The molecule has 1 amide bonds. The molecule has 0 spiro atoms. The smallest absolute Gasteiger partial charge is 0.223 e. The number of benzene rings is 1. The molecular formula is C14H18BrNO3. The van der Waals surface area contributed by atoms with E-state index in [1.807, 2.05) is 12.1 Å². The maximum Gasteiger partial charge on any atom is 0.223 e. The van der Waals surface area contributed by atoms with Gasteiger partial charge in [0.25, 0.3) is 0 Å². The van der Waals surface area contributed by atoms with Gasteiger partial charge in [-0.1, -0.05) is 22.9 Å². The number of hydrogen-bond donors (Lipinski definition) is 1. The van der Waals surface area contributed by atoms with Crippen LogP contribution in [-0.4, -0.2) is 20.1 Å². The van der Waals surface area contributed by atoms with E-state index in [0.717, 1.165) is 16.5 Å². The van der Waals surface area contributed by atoms with Crippen molar-refractivity contribution in [2.45, 2.75) is 19.9 Å². The van der Waals surface area contributed by atoms with Gasteiger partial charge in [-0.2, -0.15) is 0 Å². The zero-order valence-corrected chi connectivity index (χ0v) is 12.9. The first-order valence-electron chi connectivity index (χ1n) is 6.25. The molecule has 1 N–H and O–H groups in total. The number of carbonyl (C=O) groups excluding carboxylic acids is 1. The summed E-state index contributed by atoms with van der Waals surface area (Å²) in [4.78, 5) is 11.8. The predicted molar refractivity (Wildman–Crippen MR) is 76.4 cm³/mol. The van der Waals surface area contributed by atoms with Crippen LogP contribution in [0.1, 0.15) is 18.9 Å². The number of rotatable bonds is 5. The van der Waals surface area contributed by atoms with Crippen LogP contribution in [0.5, 0.6) is 11.5 Å². The van der Waals surface area contributed by atoms with Crippen molar-refractivity contribution in [3.05, 3.63) is 22.2 Å². The molecular weight excluding hydrogens is 310 g/mol. The molecule has 1 aliphatic carbocycles. The van der Waals surface area contributed by atoms with Crippen LogP contribution in [0.2, 0.25) is 0 Å². The zero-order chi connectivity index (χ0) is 14.0. The van der Waals surface area contributed by atoms with Gasteiger partial charge in [-0.05, 0) is 30.0 Å². The van der Waals surface area contributed by atoms with E-state index in [2.05, 4.69) is 28.2 Å². The lowest BCUT2D eigenvalue weighted by Gasteiger charge is -2.12. The summed E-state index contributed by atoms with van der Waals surface area (Å²) in [6, 6.07) is 3.72. The predicted octanol–water partition coefficient (Wildman–Crippen LogP) is 2.74. The van der Waals surface area contributed by atoms with Crippen LogP contribution in [-0.2, 0) is 11.3 Å². The lowest BCUT2D eigenvalue weighted by atomic mass is 10.2. The minimum Gasteiger partial charge on any atom is -0.493 e. The van der Waals surface area contributed by atoms with Crippen LogP contribution in [0.4, 0.5) is 0 Å². The molecule has 0 unspecified atom stereocenters. The summed E-state index contributed by atoms with van der Waals surface area (Å²) in [7, 11) is 3.19. The van der Waals surface area contributed by atoms with Gasteiger partial charge in [0, 0.05) is 16.9 Å². The Balaban J connectivity index is 2.05. The Kier molecular flexibility index (Phi) is 4.34. The summed E-state index contributed by atoms with van der Waals surface area (Å²) in [5.74, 6) is 2.18. The Bertz CT molecular complexity index is 490. The average molecular weight is 328 g/mol. The molecule has 5 heteroatoms. The third-order valence-electron chi connectivity index (χ3n) is 3.45. The molecule has 2 atom stereocenters. The second-order valence-corrected chi connectivity index (χ2v) is 5.69. The third-order valence-corrected chi connectivity index (χ3v) is 4.19. The second-order valence-electron chi connectivity index (χ2n) is 4.84. The summed E-state index contributed by atoms with van der Waals surface area (Å²) in [6.07, 6.45) is 0.999. The van der Waals surface area contributed by atoms with E-state index in [4.69, 9.17) is 9.47 Å². The van der Waals surface area contributed by atoms with Gasteiger partial charge in [0.05, 0.1) is 14.2 Å². The molecule has 0 aromatic heterocycles. The summed E-state index contributed by atoms with van der Waals surface area (Å²) < 4.78 is 11.4. The minimum absolute atomic E-state index is 0.134. The first-order valence-corrected chi connectivity index (χ1v) is 7.04. The molecule has 0 aliphatic heterocycles. The van der Waals surface area contributed by atoms with E-state index >= 15 is 0 Å². The topological polar surface area (TPSA) is 47.6 Å². The molecule has 0 saturated heterocycles. The molecule has 0 bridgehead atoms. The Hall–Kier alpha value is -1.23. The molecule has 0 heterocycles. The number of nitrogens with one attached hydrogen (secondary N) is 1. The molecule has 1 aromatic carbocycles. The Morgan fingerprint density at radius 3 is 2.47 bits per heavy atom. The monoisotopic (exact) mass is 327 g/mol. The fourth-order valence-electron chi connectivity index (χ4n) is 2.03.